The average molecular weight is 459 g/mol. The Hall–Kier alpha value is -1.85. The number of aliphatic hydroxyl groups is 1. The van der Waals surface area contributed by atoms with Crippen LogP contribution < -0.4 is 10.2 Å². The molecule has 32 heavy (non-hydrogen) atoms. The monoisotopic (exact) mass is 458 g/mol. The summed E-state index contributed by atoms with van der Waals surface area (Å²) in [4.78, 5) is 2.18. The van der Waals surface area contributed by atoms with Crippen molar-refractivity contribution in [3.8, 4) is 0 Å². The summed E-state index contributed by atoms with van der Waals surface area (Å²) < 4.78 is 12.4. The second kappa shape index (κ2) is 15.1. The van der Waals surface area contributed by atoms with Gasteiger partial charge in [-0.3, -0.25) is 4.21 Å². The molecule has 0 spiro atoms. The minimum Gasteiger partial charge on any atom is -0.390 e. The fourth-order valence-electron chi connectivity index (χ4n) is 3.84. The van der Waals surface area contributed by atoms with Gasteiger partial charge in [0.15, 0.2) is 0 Å². The zero-order valence-corrected chi connectivity index (χ0v) is 20.9. The van der Waals surface area contributed by atoms with Crippen molar-refractivity contribution in [1.29, 1.82) is 0 Å². The van der Waals surface area contributed by atoms with Crippen LogP contribution in [0, 0.1) is 0 Å². The molecule has 0 aliphatic rings. The van der Waals surface area contributed by atoms with Crippen LogP contribution in [0.25, 0.3) is 0 Å². The molecule has 2 atom stereocenters. The van der Waals surface area contributed by atoms with Crippen LogP contribution in [0.3, 0.4) is 0 Å². The van der Waals surface area contributed by atoms with E-state index in [1.54, 1.807) is 0 Å². The van der Waals surface area contributed by atoms with Crippen LogP contribution in [-0.2, 0) is 10.8 Å². The highest BCUT2D eigenvalue weighted by Crippen LogP contribution is 2.23. The predicted molar refractivity (Wildman–Crippen MR) is 141 cm³/mol. The number of unbranched alkanes of at least 4 members (excludes halogenated alkanes) is 6. The summed E-state index contributed by atoms with van der Waals surface area (Å²) in [6.07, 6.45) is 7.96. The molecule has 2 unspecified atom stereocenters. The number of nitrogens with one attached hydrogen (secondary N) is 1. The summed E-state index contributed by atoms with van der Waals surface area (Å²) >= 11 is 0. The lowest BCUT2D eigenvalue weighted by Gasteiger charge is -2.31. The highest BCUT2D eigenvalue weighted by Gasteiger charge is 2.17. The topological polar surface area (TPSA) is 52.6 Å². The third-order valence-electron chi connectivity index (χ3n) is 5.65. The van der Waals surface area contributed by atoms with E-state index in [4.69, 9.17) is 0 Å². The minimum atomic E-state index is -0.958. The molecule has 2 N–H and O–H groups in total. The average Bonchev–Trinajstić information content (AvgIpc) is 2.78. The molecular formula is C27H42N2O2S. The largest absolute Gasteiger partial charge is 0.390 e. The lowest BCUT2D eigenvalue weighted by atomic mass is 10.1. The van der Waals surface area contributed by atoms with Crippen LogP contribution in [0.1, 0.15) is 65.7 Å². The summed E-state index contributed by atoms with van der Waals surface area (Å²) in [6.45, 7) is 6.97. The molecule has 0 radical (unpaired) electrons. The maximum atomic E-state index is 12.4. The van der Waals surface area contributed by atoms with Gasteiger partial charge in [0.05, 0.1) is 11.9 Å². The van der Waals surface area contributed by atoms with E-state index in [2.05, 4.69) is 55.3 Å². The first-order chi connectivity index (χ1) is 15.5. The quantitative estimate of drug-likeness (QED) is 0.282. The fraction of sp³-hybridized carbons (Fsp3) is 0.556. The Labute approximate surface area is 197 Å². The van der Waals surface area contributed by atoms with E-state index in [-0.39, 0.29) is 6.04 Å². The second-order valence-corrected chi connectivity index (χ2v) is 10.5. The van der Waals surface area contributed by atoms with Crippen molar-refractivity contribution in [2.45, 2.75) is 77.9 Å². The van der Waals surface area contributed by atoms with Gasteiger partial charge in [0.1, 0.15) is 0 Å². The zero-order valence-electron chi connectivity index (χ0n) is 20.1. The molecule has 2 aromatic rings. The molecule has 0 amide bonds. The molecule has 0 aromatic heterocycles. The van der Waals surface area contributed by atoms with E-state index in [0.29, 0.717) is 18.1 Å². The first-order valence-corrected chi connectivity index (χ1v) is 13.7. The van der Waals surface area contributed by atoms with Crippen molar-refractivity contribution in [3.05, 3.63) is 54.6 Å². The van der Waals surface area contributed by atoms with Gasteiger partial charge in [0.25, 0.3) is 0 Å². The summed E-state index contributed by atoms with van der Waals surface area (Å²) in [6, 6.07) is 18.6. The zero-order chi connectivity index (χ0) is 23.2. The van der Waals surface area contributed by atoms with Crippen molar-refractivity contribution < 1.29 is 9.32 Å². The highest BCUT2D eigenvalue weighted by molar-refractivity contribution is 7.85. The van der Waals surface area contributed by atoms with Gasteiger partial charge in [-0.05, 0) is 56.7 Å². The molecule has 0 heterocycles. The molecular weight excluding hydrogens is 416 g/mol. The Balaban J connectivity index is 1.78. The molecule has 0 aliphatic heterocycles. The van der Waals surface area contributed by atoms with Crippen LogP contribution in [0.15, 0.2) is 54.6 Å². The molecule has 0 aliphatic carbocycles. The summed E-state index contributed by atoms with van der Waals surface area (Å²) in [5.74, 6) is 1.05. The number of hydrogen-bond donors (Lipinski definition) is 2. The van der Waals surface area contributed by atoms with Crippen molar-refractivity contribution in [3.63, 3.8) is 0 Å². The summed E-state index contributed by atoms with van der Waals surface area (Å²) in [5, 5.41) is 14.0. The molecule has 4 nitrogen and oxygen atoms in total. The van der Waals surface area contributed by atoms with E-state index in [1.807, 2.05) is 30.3 Å². The Morgan fingerprint density at radius 1 is 0.875 bits per heavy atom. The van der Waals surface area contributed by atoms with Crippen molar-refractivity contribution in [1.82, 2.24) is 0 Å². The van der Waals surface area contributed by atoms with Gasteiger partial charge < -0.3 is 15.3 Å². The summed E-state index contributed by atoms with van der Waals surface area (Å²) in [7, 11) is -0.958. The molecule has 0 saturated heterocycles. The molecule has 0 bridgehead atoms. The smallest absolute Gasteiger partial charge is 0.0830 e. The number of para-hydroxylation sites is 1. The van der Waals surface area contributed by atoms with Gasteiger partial charge in [-0.25, -0.2) is 0 Å². The molecule has 178 valence electrons. The first kappa shape index (κ1) is 26.4. The molecule has 0 saturated carbocycles. The normalized spacial score (nSPS) is 13.2. The van der Waals surface area contributed by atoms with Crippen LogP contribution >= 0.6 is 0 Å². The van der Waals surface area contributed by atoms with Gasteiger partial charge in [-0.2, -0.15) is 0 Å². The predicted octanol–water partition coefficient (Wildman–Crippen LogP) is 6.51. The number of nitrogens with zero attached hydrogens (tertiary/aromatic N) is 1. The molecule has 2 aromatic carbocycles. The van der Waals surface area contributed by atoms with E-state index < -0.39 is 16.9 Å². The number of rotatable bonds is 16. The van der Waals surface area contributed by atoms with Crippen LogP contribution in [0.4, 0.5) is 17.1 Å². The Bertz CT molecular complexity index is 765. The number of aliphatic hydroxyl groups excluding tert-OH is 1. The Morgan fingerprint density at radius 3 is 2.09 bits per heavy atom. The lowest BCUT2D eigenvalue weighted by Crippen LogP contribution is -2.39. The highest BCUT2D eigenvalue weighted by atomic mass is 32.2. The maximum Gasteiger partial charge on any atom is 0.0830 e. The number of anilines is 3. The van der Waals surface area contributed by atoms with Crippen molar-refractivity contribution in [2.75, 3.05) is 28.3 Å². The standard InChI is InChI=1S/C27H42N2O2S/c1-4-5-6-7-8-9-13-20-32(31)22-27(30)21-29(23(2)3)26-18-16-25(17-19-26)28-24-14-11-10-12-15-24/h10-12,14-19,23,27-28,30H,4-9,13,20-22H2,1-3H3. The summed E-state index contributed by atoms with van der Waals surface area (Å²) in [5.41, 5.74) is 3.15. The van der Waals surface area contributed by atoms with E-state index >= 15 is 0 Å². The number of benzene rings is 2. The van der Waals surface area contributed by atoms with Gasteiger partial charge in [-0.15, -0.1) is 0 Å². The van der Waals surface area contributed by atoms with Gasteiger partial charge in [-0.1, -0.05) is 63.6 Å². The van der Waals surface area contributed by atoms with Crippen molar-refractivity contribution >= 4 is 27.9 Å². The third kappa shape index (κ3) is 10.2. The number of hydrogen-bond acceptors (Lipinski definition) is 4. The lowest BCUT2D eigenvalue weighted by molar-refractivity contribution is 0.201. The first-order valence-electron chi connectivity index (χ1n) is 12.2. The minimum absolute atomic E-state index is 0.245. The molecule has 2 rings (SSSR count). The van der Waals surface area contributed by atoms with Crippen LogP contribution in [-0.4, -0.2) is 39.5 Å². The molecule has 0 fully saturated rings. The SMILES string of the molecule is CCCCCCCCCS(=O)CC(O)CN(c1ccc(Nc2ccccc2)cc1)C(C)C. The second-order valence-electron chi connectivity index (χ2n) is 8.87. The molecule has 5 heteroatoms. The maximum absolute atomic E-state index is 12.4. The van der Waals surface area contributed by atoms with E-state index in [9.17, 15) is 9.32 Å². The van der Waals surface area contributed by atoms with Crippen molar-refractivity contribution in [2.24, 2.45) is 0 Å². The van der Waals surface area contributed by atoms with Crippen LogP contribution in [0.2, 0.25) is 0 Å². The van der Waals surface area contributed by atoms with Gasteiger partial charge >= 0.3 is 0 Å². The van der Waals surface area contributed by atoms with E-state index in [1.165, 1.54) is 32.1 Å². The Morgan fingerprint density at radius 2 is 1.47 bits per heavy atom. The fourth-order valence-corrected chi connectivity index (χ4v) is 5.06. The Kier molecular flexibility index (Phi) is 12.4. The van der Waals surface area contributed by atoms with Gasteiger partial charge in [0.2, 0.25) is 0 Å². The van der Waals surface area contributed by atoms with Gasteiger partial charge in [0, 0.05) is 46.2 Å². The van der Waals surface area contributed by atoms with Crippen LogP contribution in [0.5, 0.6) is 0 Å². The van der Waals surface area contributed by atoms with E-state index in [0.717, 1.165) is 29.9 Å². The third-order valence-corrected chi connectivity index (χ3v) is 7.15.